The third-order valence-corrected chi connectivity index (χ3v) is 3.74. The Morgan fingerprint density at radius 3 is 2.48 bits per heavy atom. The van der Waals surface area contributed by atoms with E-state index in [1.54, 1.807) is 0 Å². The summed E-state index contributed by atoms with van der Waals surface area (Å²) in [6, 6.07) is 17.0. The third-order valence-electron chi connectivity index (χ3n) is 3.74. The number of halogens is 1. The molecule has 0 bridgehead atoms. The highest BCUT2D eigenvalue weighted by Gasteiger charge is 2.21. The van der Waals surface area contributed by atoms with Gasteiger partial charge in [0.05, 0.1) is 6.61 Å². The Bertz CT molecular complexity index is 600. The van der Waals surface area contributed by atoms with E-state index in [0.717, 1.165) is 29.2 Å². The first-order valence-electron chi connectivity index (χ1n) is 8.01. The first kappa shape index (κ1) is 17.6. The van der Waals surface area contributed by atoms with Crippen LogP contribution in [0.3, 0.4) is 0 Å². The van der Waals surface area contributed by atoms with E-state index in [9.17, 15) is 0 Å². The Morgan fingerprint density at radius 2 is 1.78 bits per heavy atom. The summed E-state index contributed by atoms with van der Waals surface area (Å²) in [6.45, 7) is 4.02. The number of hydrogen-bond donors (Lipinski definition) is 1. The first-order chi connectivity index (χ1) is 10.9. The molecule has 3 rings (SSSR count). The Balaban J connectivity index is 0.00000192. The maximum absolute atomic E-state index is 6.09. The minimum absolute atomic E-state index is 0. The fraction of sp³-hybridized carbons (Fsp3) is 0.368. The highest BCUT2D eigenvalue weighted by Crippen LogP contribution is 2.33. The number of rotatable bonds is 8. The van der Waals surface area contributed by atoms with Gasteiger partial charge in [0, 0.05) is 18.2 Å². The van der Waals surface area contributed by atoms with Crippen molar-refractivity contribution in [2.45, 2.75) is 39.0 Å². The third kappa shape index (κ3) is 5.15. The van der Waals surface area contributed by atoms with Crippen LogP contribution in [0.4, 0.5) is 0 Å². The molecular weight excluding hydrogens is 310 g/mol. The van der Waals surface area contributed by atoms with E-state index in [1.165, 1.54) is 12.8 Å². The van der Waals surface area contributed by atoms with E-state index >= 15 is 0 Å². The zero-order valence-electron chi connectivity index (χ0n) is 13.4. The fourth-order valence-electron chi connectivity index (χ4n) is 2.40. The Kier molecular flexibility index (Phi) is 6.75. The van der Waals surface area contributed by atoms with Crippen molar-refractivity contribution >= 4 is 0 Å². The van der Waals surface area contributed by atoms with Gasteiger partial charge in [0.15, 0.2) is 11.5 Å². The van der Waals surface area contributed by atoms with Crippen LogP contribution in [0.25, 0.3) is 0 Å². The summed E-state index contributed by atoms with van der Waals surface area (Å²) in [5, 5.41) is 3.55. The Morgan fingerprint density at radius 1 is 1.00 bits per heavy atom. The van der Waals surface area contributed by atoms with Gasteiger partial charge in [0.1, 0.15) is 6.61 Å². The number of nitrogens with one attached hydrogen (secondary N) is 1. The molecule has 0 aromatic heterocycles. The fourth-order valence-corrected chi connectivity index (χ4v) is 2.40. The van der Waals surface area contributed by atoms with Gasteiger partial charge in [0.2, 0.25) is 0 Å². The predicted octanol–water partition coefficient (Wildman–Crippen LogP) is 0.920. The molecule has 0 spiro atoms. The minimum atomic E-state index is 0. The van der Waals surface area contributed by atoms with Crippen LogP contribution < -0.4 is 27.2 Å². The molecule has 1 N–H and O–H groups in total. The number of ether oxygens (including phenoxy) is 2. The maximum Gasteiger partial charge on any atom is 0.166 e. The summed E-state index contributed by atoms with van der Waals surface area (Å²) >= 11 is 0. The molecule has 2 aromatic rings. The lowest BCUT2D eigenvalue weighted by atomic mass is 10.1. The Hall–Kier alpha value is -1.71. The van der Waals surface area contributed by atoms with E-state index in [1.807, 2.05) is 37.3 Å². The summed E-state index contributed by atoms with van der Waals surface area (Å²) in [4.78, 5) is 0. The molecule has 0 aliphatic heterocycles. The summed E-state index contributed by atoms with van der Waals surface area (Å²) in [5.74, 6) is 1.69. The monoisotopic (exact) mass is 332 g/mol. The van der Waals surface area contributed by atoms with Crippen molar-refractivity contribution in [2.75, 3.05) is 6.61 Å². The molecular formula is C19H23ClNO2-. The van der Waals surface area contributed by atoms with Crippen molar-refractivity contribution in [3.63, 3.8) is 0 Å². The number of benzene rings is 2. The second kappa shape index (κ2) is 8.80. The normalized spacial score (nSPS) is 13.3. The van der Waals surface area contributed by atoms with E-state index in [4.69, 9.17) is 9.47 Å². The topological polar surface area (TPSA) is 30.5 Å². The van der Waals surface area contributed by atoms with Crippen LogP contribution in [0.2, 0.25) is 0 Å². The molecule has 0 atom stereocenters. The van der Waals surface area contributed by atoms with Crippen LogP contribution in [0, 0.1) is 0 Å². The average molecular weight is 333 g/mol. The molecule has 1 saturated carbocycles. The molecule has 0 heterocycles. The van der Waals surface area contributed by atoms with Crippen molar-refractivity contribution in [1.29, 1.82) is 0 Å². The molecule has 3 nitrogen and oxygen atoms in total. The largest absolute Gasteiger partial charge is 1.00 e. The Labute approximate surface area is 144 Å². The molecule has 0 saturated heterocycles. The zero-order chi connectivity index (χ0) is 15.2. The van der Waals surface area contributed by atoms with Crippen LogP contribution in [-0.4, -0.2) is 12.6 Å². The lowest BCUT2D eigenvalue weighted by molar-refractivity contribution is -0.00000528. The van der Waals surface area contributed by atoms with Crippen LogP contribution >= 0.6 is 0 Å². The zero-order valence-corrected chi connectivity index (χ0v) is 14.2. The second-order valence-electron chi connectivity index (χ2n) is 5.61. The van der Waals surface area contributed by atoms with E-state index in [-0.39, 0.29) is 12.4 Å². The SMILES string of the molecule is CCOc1cccc(CNC2CC2)c1OCc1ccccc1.[Cl-]. The first-order valence-corrected chi connectivity index (χ1v) is 8.01. The van der Waals surface area contributed by atoms with Gasteiger partial charge in [-0.05, 0) is 31.4 Å². The number of para-hydroxylation sites is 1. The predicted molar refractivity (Wildman–Crippen MR) is 88.2 cm³/mol. The van der Waals surface area contributed by atoms with Gasteiger partial charge in [-0.15, -0.1) is 0 Å². The molecule has 4 heteroatoms. The van der Waals surface area contributed by atoms with E-state index in [2.05, 4.69) is 23.5 Å². The van der Waals surface area contributed by atoms with Crippen molar-refractivity contribution in [3.8, 4) is 11.5 Å². The molecule has 1 aliphatic carbocycles. The van der Waals surface area contributed by atoms with Crippen molar-refractivity contribution in [1.82, 2.24) is 5.32 Å². The van der Waals surface area contributed by atoms with Gasteiger partial charge in [-0.2, -0.15) is 0 Å². The number of hydrogen-bond acceptors (Lipinski definition) is 3. The molecule has 124 valence electrons. The maximum atomic E-state index is 6.09. The van der Waals surface area contributed by atoms with Gasteiger partial charge in [-0.3, -0.25) is 0 Å². The smallest absolute Gasteiger partial charge is 0.166 e. The summed E-state index contributed by atoms with van der Waals surface area (Å²) < 4.78 is 11.8. The van der Waals surface area contributed by atoms with Gasteiger partial charge < -0.3 is 27.2 Å². The molecule has 1 fully saturated rings. The molecule has 1 aliphatic rings. The van der Waals surface area contributed by atoms with Crippen molar-refractivity contribution in [2.24, 2.45) is 0 Å². The molecule has 0 radical (unpaired) electrons. The van der Waals surface area contributed by atoms with Crippen molar-refractivity contribution < 1.29 is 21.9 Å². The van der Waals surface area contributed by atoms with Crippen LogP contribution in [-0.2, 0) is 13.2 Å². The summed E-state index contributed by atoms with van der Waals surface area (Å²) in [7, 11) is 0. The van der Waals surface area contributed by atoms with Crippen LogP contribution in [0.5, 0.6) is 11.5 Å². The molecule has 0 unspecified atom stereocenters. The summed E-state index contributed by atoms with van der Waals surface area (Å²) in [6.07, 6.45) is 2.57. The van der Waals surface area contributed by atoms with Crippen LogP contribution in [0.1, 0.15) is 30.9 Å². The van der Waals surface area contributed by atoms with Gasteiger partial charge in [-0.25, -0.2) is 0 Å². The highest BCUT2D eigenvalue weighted by molar-refractivity contribution is 5.46. The molecule has 2 aromatic carbocycles. The second-order valence-corrected chi connectivity index (χ2v) is 5.61. The van der Waals surface area contributed by atoms with E-state index in [0.29, 0.717) is 19.3 Å². The standard InChI is InChI=1S/C19H23NO2.ClH/c1-2-21-18-10-6-9-16(13-20-17-11-12-17)19(18)22-14-15-7-4-3-5-8-15;/h3-10,17,20H,2,11-14H2,1H3;1H/p-1. The quantitative estimate of drug-likeness (QED) is 0.780. The van der Waals surface area contributed by atoms with Gasteiger partial charge in [-0.1, -0.05) is 42.5 Å². The molecule has 0 amide bonds. The lowest BCUT2D eigenvalue weighted by Gasteiger charge is -2.16. The van der Waals surface area contributed by atoms with Gasteiger partial charge in [0.25, 0.3) is 0 Å². The highest BCUT2D eigenvalue weighted by atomic mass is 35.5. The van der Waals surface area contributed by atoms with Crippen LogP contribution in [0.15, 0.2) is 48.5 Å². The van der Waals surface area contributed by atoms with Crippen molar-refractivity contribution in [3.05, 3.63) is 59.7 Å². The average Bonchev–Trinajstić information content (AvgIpc) is 3.37. The molecule has 23 heavy (non-hydrogen) atoms. The van der Waals surface area contributed by atoms with E-state index < -0.39 is 0 Å². The lowest BCUT2D eigenvalue weighted by Crippen LogP contribution is -3.00. The minimum Gasteiger partial charge on any atom is -1.00 e. The summed E-state index contributed by atoms with van der Waals surface area (Å²) in [5.41, 5.74) is 2.32. The van der Waals surface area contributed by atoms with Gasteiger partial charge >= 0.3 is 0 Å².